The molecule has 4 rings (SSSR count). The first-order chi connectivity index (χ1) is 17.9. The van der Waals surface area contributed by atoms with Crippen LogP contribution in [0.1, 0.15) is 56.8 Å². The van der Waals surface area contributed by atoms with Gasteiger partial charge in [-0.2, -0.15) is 4.98 Å². The van der Waals surface area contributed by atoms with E-state index < -0.39 is 0 Å². The lowest BCUT2D eigenvalue weighted by atomic mass is 10.1. The van der Waals surface area contributed by atoms with Gasteiger partial charge < -0.3 is 28.5 Å². The lowest BCUT2D eigenvalue weighted by Gasteiger charge is -2.35. The van der Waals surface area contributed by atoms with Crippen molar-refractivity contribution in [3.05, 3.63) is 41.9 Å². The van der Waals surface area contributed by atoms with E-state index in [2.05, 4.69) is 20.0 Å². The third-order valence-corrected chi connectivity index (χ3v) is 5.99. The Hall–Kier alpha value is -3.82. The molecule has 1 aromatic carbocycles. The summed E-state index contributed by atoms with van der Waals surface area (Å²) in [6.07, 6.45) is 1.76. The smallest absolute Gasteiger partial charge is 0.254 e. The van der Waals surface area contributed by atoms with Crippen LogP contribution in [0.5, 0.6) is 17.2 Å². The third-order valence-electron chi connectivity index (χ3n) is 5.99. The number of rotatable bonds is 10. The highest BCUT2D eigenvalue weighted by Gasteiger charge is 2.26. The van der Waals surface area contributed by atoms with Gasteiger partial charge in [0.1, 0.15) is 5.82 Å². The van der Waals surface area contributed by atoms with Gasteiger partial charge in [-0.1, -0.05) is 19.0 Å². The Balaban J connectivity index is 1.43. The lowest BCUT2D eigenvalue weighted by molar-refractivity contribution is 0.0745. The van der Waals surface area contributed by atoms with E-state index in [9.17, 15) is 4.79 Å². The molecule has 0 aliphatic carbocycles. The first-order valence-corrected chi connectivity index (χ1v) is 12.9. The molecule has 0 saturated carbocycles. The topological polar surface area (TPSA) is 103 Å². The van der Waals surface area contributed by atoms with E-state index in [1.54, 1.807) is 18.3 Å². The molecule has 0 N–H and O–H groups in total. The fourth-order valence-corrected chi connectivity index (χ4v) is 4.13. The number of hydrogen-bond acceptors (Lipinski definition) is 9. The highest BCUT2D eigenvalue weighted by molar-refractivity contribution is 5.95. The second-order valence-electron chi connectivity index (χ2n) is 8.90. The van der Waals surface area contributed by atoms with E-state index in [0.717, 1.165) is 11.4 Å². The molecular weight excluding hydrogens is 474 g/mol. The summed E-state index contributed by atoms with van der Waals surface area (Å²) in [5, 5.41) is 4.05. The lowest BCUT2D eigenvalue weighted by Crippen LogP contribution is -2.49. The highest BCUT2D eigenvalue weighted by Crippen LogP contribution is 2.39. The molecule has 2 aromatic heterocycles. The molecule has 0 spiro atoms. The molecule has 1 aliphatic rings. The molecule has 198 valence electrons. The summed E-state index contributed by atoms with van der Waals surface area (Å²) in [6, 6.07) is 7.38. The fourth-order valence-electron chi connectivity index (χ4n) is 4.13. The zero-order chi connectivity index (χ0) is 26.4. The van der Waals surface area contributed by atoms with E-state index in [4.69, 9.17) is 18.7 Å². The van der Waals surface area contributed by atoms with Gasteiger partial charge in [0, 0.05) is 49.4 Å². The maximum absolute atomic E-state index is 13.4. The van der Waals surface area contributed by atoms with Gasteiger partial charge in [0.2, 0.25) is 17.5 Å². The molecule has 1 amide bonds. The van der Waals surface area contributed by atoms with Crippen molar-refractivity contribution in [3.63, 3.8) is 0 Å². The van der Waals surface area contributed by atoms with Gasteiger partial charge >= 0.3 is 0 Å². The predicted octanol–water partition coefficient (Wildman–Crippen LogP) is 4.41. The normalized spacial score (nSPS) is 13.7. The number of hydrogen-bond donors (Lipinski definition) is 0. The van der Waals surface area contributed by atoms with Crippen molar-refractivity contribution in [1.29, 1.82) is 0 Å². The van der Waals surface area contributed by atoms with Crippen LogP contribution in [0.3, 0.4) is 0 Å². The van der Waals surface area contributed by atoms with Crippen molar-refractivity contribution in [2.24, 2.45) is 0 Å². The van der Waals surface area contributed by atoms with Crippen molar-refractivity contribution >= 4 is 11.7 Å². The fraction of sp³-hybridized carbons (Fsp3) is 0.481. The number of amides is 1. The number of ether oxygens (including phenoxy) is 3. The van der Waals surface area contributed by atoms with E-state index in [0.29, 0.717) is 80.5 Å². The average molecular weight is 510 g/mol. The monoisotopic (exact) mass is 509 g/mol. The van der Waals surface area contributed by atoms with Crippen LogP contribution in [0.4, 0.5) is 5.82 Å². The van der Waals surface area contributed by atoms with Crippen LogP contribution in [0, 0.1) is 0 Å². The van der Waals surface area contributed by atoms with E-state index in [1.807, 2.05) is 51.7 Å². The molecule has 0 bridgehead atoms. The van der Waals surface area contributed by atoms with Gasteiger partial charge in [-0.25, -0.2) is 4.98 Å². The average Bonchev–Trinajstić information content (AvgIpc) is 3.41. The molecule has 1 saturated heterocycles. The van der Waals surface area contributed by atoms with Crippen molar-refractivity contribution in [2.75, 3.05) is 50.9 Å². The summed E-state index contributed by atoms with van der Waals surface area (Å²) in [6.45, 7) is 13.6. The number of piperazine rings is 1. The summed E-state index contributed by atoms with van der Waals surface area (Å²) in [5.74, 6) is 3.66. The highest BCUT2D eigenvalue weighted by atomic mass is 16.5. The molecule has 0 radical (unpaired) electrons. The molecule has 10 heteroatoms. The summed E-state index contributed by atoms with van der Waals surface area (Å²) in [7, 11) is 0. The van der Waals surface area contributed by atoms with Crippen LogP contribution in [0.25, 0.3) is 11.4 Å². The SMILES string of the molecule is CCOc1cc(C(=O)N2CCN(c3ccc(-c4noc(C(C)C)n4)cn3)CC2)cc(OCC)c1OCC. The number of nitrogens with zero attached hydrogens (tertiary/aromatic N) is 5. The maximum atomic E-state index is 13.4. The second kappa shape index (κ2) is 11.9. The summed E-state index contributed by atoms with van der Waals surface area (Å²) in [4.78, 5) is 26.4. The summed E-state index contributed by atoms with van der Waals surface area (Å²) < 4.78 is 22.6. The zero-order valence-corrected chi connectivity index (χ0v) is 22.2. The van der Waals surface area contributed by atoms with Gasteiger partial charge in [0.05, 0.1) is 19.8 Å². The van der Waals surface area contributed by atoms with E-state index in [1.165, 1.54) is 0 Å². The Labute approximate surface area is 217 Å². The minimum Gasteiger partial charge on any atom is -0.490 e. The Morgan fingerprint density at radius 2 is 1.62 bits per heavy atom. The minimum absolute atomic E-state index is 0.0639. The molecule has 1 fully saturated rings. The molecule has 10 nitrogen and oxygen atoms in total. The molecule has 1 aliphatic heterocycles. The van der Waals surface area contributed by atoms with Crippen LogP contribution in [0.2, 0.25) is 0 Å². The van der Waals surface area contributed by atoms with E-state index in [-0.39, 0.29) is 11.8 Å². The summed E-state index contributed by atoms with van der Waals surface area (Å²) in [5.41, 5.74) is 1.33. The number of aromatic nitrogens is 3. The number of benzene rings is 1. The summed E-state index contributed by atoms with van der Waals surface area (Å²) >= 11 is 0. The first-order valence-electron chi connectivity index (χ1n) is 12.9. The quantitative estimate of drug-likeness (QED) is 0.393. The molecule has 3 heterocycles. The van der Waals surface area contributed by atoms with Crippen molar-refractivity contribution in [3.8, 4) is 28.6 Å². The van der Waals surface area contributed by atoms with Gasteiger partial charge in [-0.05, 0) is 45.0 Å². The molecule has 0 atom stereocenters. The van der Waals surface area contributed by atoms with Gasteiger partial charge in [-0.3, -0.25) is 4.79 Å². The Kier molecular flexibility index (Phi) is 8.47. The molecule has 3 aromatic rings. The Morgan fingerprint density at radius 3 is 2.14 bits per heavy atom. The zero-order valence-electron chi connectivity index (χ0n) is 22.2. The number of pyridine rings is 1. The number of carbonyl (C=O) groups is 1. The van der Waals surface area contributed by atoms with Gasteiger partial charge in [0.25, 0.3) is 5.91 Å². The van der Waals surface area contributed by atoms with Gasteiger partial charge in [0.15, 0.2) is 11.5 Å². The molecule has 37 heavy (non-hydrogen) atoms. The second-order valence-corrected chi connectivity index (χ2v) is 8.90. The number of carbonyl (C=O) groups excluding carboxylic acids is 1. The third kappa shape index (κ3) is 5.95. The predicted molar refractivity (Wildman–Crippen MR) is 140 cm³/mol. The minimum atomic E-state index is -0.0639. The molecular formula is C27H35N5O5. The van der Waals surface area contributed by atoms with Crippen LogP contribution in [-0.4, -0.2) is 71.9 Å². The van der Waals surface area contributed by atoms with Crippen LogP contribution in [-0.2, 0) is 0 Å². The van der Waals surface area contributed by atoms with Crippen LogP contribution < -0.4 is 19.1 Å². The van der Waals surface area contributed by atoms with Crippen molar-refractivity contribution in [1.82, 2.24) is 20.0 Å². The standard InChI is InChI=1S/C27H35N5O5/c1-6-34-21-15-20(16-22(35-7-2)24(21)36-8-3)27(33)32-13-11-31(12-14-32)23-10-9-19(17-28-23)25-29-26(18(4)5)37-30-25/h9-10,15-18H,6-8,11-14H2,1-5H3. The first kappa shape index (κ1) is 26.2. The van der Waals surface area contributed by atoms with Gasteiger partial charge in [-0.15, -0.1) is 0 Å². The maximum Gasteiger partial charge on any atom is 0.254 e. The largest absolute Gasteiger partial charge is 0.490 e. The van der Waals surface area contributed by atoms with Crippen molar-refractivity contribution < 1.29 is 23.5 Å². The van der Waals surface area contributed by atoms with E-state index >= 15 is 0 Å². The van der Waals surface area contributed by atoms with Crippen LogP contribution >= 0.6 is 0 Å². The molecule has 0 unspecified atom stereocenters. The Morgan fingerprint density at radius 1 is 0.973 bits per heavy atom. The van der Waals surface area contributed by atoms with Crippen molar-refractivity contribution in [2.45, 2.75) is 40.5 Å². The Bertz CT molecular complexity index is 1160. The number of anilines is 1. The van der Waals surface area contributed by atoms with Crippen LogP contribution in [0.15, 0.2) is 35.0 Å².